The molecule has 0 spiro atoms. The van der Waals surface area contributed by atoms with Crippen LogP contribution in [0, 0.1) is 0 Å². The monoisotopic (exact) mass is 246 g/mol. The summed E-state index contributed by atoms with van der Waals surface area (Å²) in [7, 11) is 1.54. The summed E-state index contributed by atoms with van der Waals surface area (Å²) in [4.78, 5) is 0. The van der Waals surface area contributed by atoms with E-state index in [9.17, 15) is 8.78 Å². The quantitative estimate of drug-likeness (QED) is 0.434. The van der Waals surface area contributed by atoms with Gasteiger partial charge in [-0.3, -0.25) is 5.84 Å². The average molecular weight is 246 g/mol. The number of alkyl halides is 2. The van der Waals surface area contributed by atoms with Crippen molar-refractivity contribution in [3.05, 3.63) is 29.8 Å². The molecule has 1 aromatic rings. The van der Waals surface area contributed by atoms with Crippen LogP contribution in [-0.4, -0.2) is 26.7 Å². The molecular weight excluding hydrogens is 230 g/mol. The second-order valence-corrected chi connectivity index (χ2v) is 3.36. The van der Waals surface area contributed by atoms with Crippen molar-refractivity contribution in [2.24, 2.45) is 5.84 Å². The molecule has 1 atom stereocenters. The van der Waals surface area contributed by atoms with E-state index in [0.29, 0.717) is 24.5 Å². The summed E-state index contributed by atoms with van der Waals surface area (Å²) >= 11 is 0. The first-order valence-electron chi connectivity index (χ1n) is 5.15. The Morgan fingerprint density at radius 3 is 2.59 bits per heavy atom. The average Bonchev–Trinajstić information content (AvgIpc) is 2.32. The van der Waals surface area contributed by atoms with Crippen LogP contribution in [0.25, 0.3) is 0 Å². The Morgan fingerprint density at radius 2 is 2.00 bits per heavy atom. The Bertz CT molecular complexity index is 337. The van der Waals surface area contributed by atoms with Gasteiger partial charge in [0.15, 0.2) is 0 Å². The van der Waals surface area contributed by atoms with Gasteiger partial charge in [0.2, 0.25) is 0 Å². The summed E-state index contributed by atoms with van der Waals surface area (Å²) in [6.45, 7) is 0.692. The number of hydrazine groups is 1. The van der Waals surface area contributed by atoms with Crippen molar-refractivity contribution in [3.63, 3.8) is 0 Å². The second-order valence-electron chi connectivity index (χ2n) is 3.36. The number of para-hydroxylation sites is 1. The topological polar surface area (TPSA) is 56.5 Å². The van der Waals surface area contributed by atoms with Crippen LogP contribution in [0.4, 0.5) is 8.78 Å². The minimum atomic E-state index is -2.60. The molecular formula is C11H16F2N2O2. The van der Waals surface area contributed by atoms with Gasteiger partial charge < -0.3 is 9.47 Å². The number of rotatable bonds is 7. The molecule has 0 heterocycles. The minimum absolute atomic E-state index is 0.300. The molecule has 96 valence electrons. The summed E-state index contributed by atoms with van der Waals surface area (Å²) in [5.74, 6) is 5.50. The normalized spacial score (nSPS) is 12.8. The molecule has 0 aliphatic carbocycles. The van der Waals surface area contributed by atoms with Gasteiger partial charge in [0.25, 0.3) is 6.43 Å². The summed E-state index contributed by atoms with van der Waals surface area (Å²) < 4.78 is 35.6. The first kappa shape index (κ1) is 13.8. The molecule has 0 aliphatic rings. The van der Waals surface area contributed by atoms with Crippen LogP contribution in [0.5, 0.6) is 5.75 Å². The zero-order valence-electron chi connectivity index (χ0n) is 9.53. The fourth-order valence-electron chi connectivity index (χ4n) is 1.40. The Kier molecular flexibility index (Phi) is 5.82. The molecule has 1 rings (SSSR count). The van der Waals surface area contributed by atoms with Gasteiger partial charge in [-0.05, 0) is 6.07 Å². The molecule has 0 bridgehead atoms. The molecule has 0 saturated heterocycles. The predicted molar refractivity (Wildman–Crippen MR) is 59.9 cm³/mol. The van der Waals surface area contributed by atoms with Gasteiger partial charge >= 0.3 is 0 Å². The maximum atomic E-state index is 12.7. The maximum absolute atomic E-state index is 12.7. The Hall–Kier alpha value is -1.24. The number of benzene rings is 1. The van der Waals surface area contributed by atoms with Crippen LogP contribution in [0.3, 0.4) is 0 Å². The summed E-state index contributed by atoms with van der Waals surface area (Å²) in [6, 6.07) is 5.31. The molecule has 0 radical (unpaired) electrons. The highest BCUT2D eigenvalue weighted by atomic mass is 19.3. The third-order valence-corrected chi connectivity index (χ3v) is 2.23. The first-order valence-corrected chi connectivity index (χ1v) is 5.15. The predicted octanol–water partition coefficient (Wildman–Crippen LogP) is 1.48. The molecule has 17 heavy (non-hydrogen) atoms. The van der Waals surface area contributed by atoms with E-state index in [1.54, 1.807) is 31.4 Å². The zero-order chi connectivity index (χ0) is 12.7. The SMILES string of the molecule is COCCOc1ccccc1C(NN)C(F)F. The fraction of sp³-hybridized carbons (Fsp3) is 0.455. The molecule has 0 amide bonds. The lowest BCUT2D eigenvalue weighted by Gasteiger charge is -2.18. The third kappa shape index (κ3) is 3.92. The van der Waals surface area contributed by atoms with E-state index >= 15 is 0 Å². The van der Waals surface area contributed by atoms with Crippen LogP contribution >= 0.6 is 0 Å². The minimum Gasteiger partial charge on any atom is -0.491 e. The maximum Gasteiger partial charge on any atom is 0.259 e. The highest BCUT2D eigenvalue weighted by Gasteiger charge is 2.23. The molecule has 6 heteroatoms. The molecule has 1 unspecified atom stereocenters. The number of nitrogens with two attached hydrogens (primary N) is 1. The van der Waals surface area contributed by atoms with Crippen LogP contribution in [-0.2, 0) is 4.74 Å². The van der Waals surface area contributed by atoms with E-state index in [2.05, 4.69) is 5.43 Å². The van der Waals surface area contributed by atoms with Gasteiger partial charge in [-0.1, -0.05) is 18.2 Å². The summed E-state index contributed by atoms with van der Waals surface area (Å²) in [5, 5.41) is 0. The highest BCUT2D eigenvalue weighted by molar-refractivity contribution is 5.36. The number of hydrogen-bond acceptors (Lipinski definition) is 4. The van der Waals surface area contributed by atoms with Gasteiger partial charge in [-0.25, -0.2) is 14.2 Å². The van der Waals surface area contributed by atoms with Crippen molar-refractivity contribution >= 4 is 0 Å². The zero-order valence-corrected chi connectivity index (χ0v) is 9.53. The smallest absolute Gasteiger partial charge is 0.259 e. The van der Waals surface area contributed by atoms with E-state index in [1.165, 1.54) is 0 Å². The molecule has 1 aromatic carbocycles. The van der Waals surface area contributed by atoms with Crippen LogP contribution in [0.15, 0.2) is 24.3 Å². The highest BCUT2D eigenvalue weighted by Crippen LogP contribution is 2.28. The van der Waals surface area contributed by atoms with Gasteiger partial charge in [-0.15, -0.1) is 0 Å². The first-order chi connectivity index (χ1) is 8.20. The van der Waals surface area contributed by atoms with Crippen molar-refractivity contribution in [1.82, 2.24) is 5.43 Å². The Labute approximate surface area is 98.7 Å². The van der Waals surface area contributed by atoms with Crippen LogP contribution in [0.1, 0.15) is 11.6 Å². The van der Waals surface area contributed by atoms with Gasteiger partial charge in [0, 0.05) is 12.7 Å². The lowest BCUT2D eigenvalue weighted by Crippen LogP contribution is -2.33. The summed E-state index contributed by atoms with van der Waals surface area (Å²) in [5.41, 5.74) is 2.42. The van der Waals surface area contributed by atoms with Crippen molar-refractivity contribution in [3.8, 4) is 5.75 Å². The molecule has 0 saturated carbocycles. The van der Waals surface area contributed by atoms with E-state index in [1.807, 2.05) is 0 Å². The van der Waals surface area contributed by atoms with E-state index in [0.717, 1.165) is 0 Å². The lowest BCUT2D eigenvalue weighted by molar-refractivity contribution is 0.0954. The number of nitrogens with one attached hydrogen (secondary N) is 1. The number of halogens is 2. The lowest BCUT2D eigenvalue weighted by atomic mass is 10.1. The van der Waals surface area contributed by atoms with Crippen LogP contribution < -0.4 is 16.0 Å². The van der Waals surface area contributed by atoms with Gasteiger partial charge in [0.05, 0.1) is 6.61 Å². The largest absolute Gasteiger partial charge is 0.491 e. The molecule has 4 nitrogen and oxygen atoms in total. The van der Waals surface area contributed by atoms with Gasteiger partial charge in [-0.2, -0.15) is 0 Å². The molecule has 3 N–H and O–H groups in total. The molecule has 0 aromatic heterocycles. The van der Waals surface area contributed by atoms with E-state index in [4.69, 9.17) is 15.3 Å². The number of hydrogen-bond donors (Lipinski definition) is 2. The van der Waals surface area contributed by atoms with Gasteiger partial charge in [0.1, 0.15) is 18.4 Å². The van der Waals surface area contributed by atoms with E-state index in [-0.39, 0.29) is 0 Å². The van der Waals surface area contributed by atoms with Crippen molar-refractivity contribution in [1.29, 1.82) is 0 Å². The standard InChI is InChI=1S/C11H16F2N2O2/c1-16-6-7-17-9-5-3-2-4-8(9)10(15-14)11(12)13/h2-5,10-11,15H,6-7,14H2,1H3. The molecule has 0 aliphatic heterocycles. The van der Waals surface area contributed by atoms with Crippen LogP contribution in [0.2, 0.25) is 0 Å². The number of ether oxygens (including phenoxy) is 2. The van der Waals surface area contributed by atoms with E-state index < -0.39 is 12.5 Å². The fourth-order valence-corrected chi connectivity index (χ4v) is 1.40. The Morgan fingerprint density at radius 1 is 1.29 bits per heavy atom. The van der Waals surface area contributed by atoms with Crippen molar-refractivity contribution < 1.29 is 18.3 Å². The molecule has 0 fully saturated rings. The summed E-state index contributed by atoms with van der Waals surface area (Å²) in [6.07, 6.45) is -2.60. The third-order valence-electron chi connectivity index (χ3n) is 2.23. The Balaban J connectivity index is 2.82. The van der Waals surface area contributed by atoms with Crippen molar-refractivity contribution in [2.75, 3.05) is 20.3 Å². The second kappa shape index (κ2) is 7.16. The van der Waals surface area contributed by atoms with Crippen molar-refractivity contribution in [2.45, 2.75) is 12.5 Å². The number of methoxy groups -OCH3 is 1.